The van der Waals surface area contributed by atoms with E-state index in [0.29, 0.717) is 0 Å². The van der Waals surface area contributed by atoms with Crippen LogP contribution in [0.4, 0.5) is 5.69 Å². The maximum Gasteiger partial charge on any atom is 0.0763 e. The average molecular weight is 227 g/mol. The van der Waals surface area contributed by atoms with Crippen LogP contribution in [-0.2, 0) is 12.8 Å². The molecule has 2 aromatic rings. The SMILES string of the molecule is CCc1ccccc1-n1ncc2c1CCCN2. The predicted molar refractivity (Wildman–Crippen MR) is 69.8 cm³/mol. The molecule has 0 fully saturated rings. The molecule has 0 saturated heterocycles. The van der Waals surface area contributed by atoms with Crippen LogP contribution in [-0.4, -0.2) is 16.3 Å². The number of aryl methyl sites for hydroxylation is 1. The lowest BCUT2D eigenvalue weighted by molar-refractivity contribution is 0.738. The van der Waals surface area contributed by atoms with Gasteiger partial charge in [-0.1, -0.05) is 25.1 Å². The topological polar surface area (TPSA) is 29.9 Å². The summed E-state index contributed by atoms with van der Waals surface area (Å²) < 4.78 is 2.10. The minimum Gasteiger partial charge on any atom is -0.382 e. The largest absolute Gasteiger partial charge is 0.382 e. The second-order valence-electron chi connectivity index (χ2n) is 4.43. The summed E-state index contributed by atoms with van der Waals surface area (Å²) in [7, 11) is 0. The van der Waals surface area contributed by atoms with Crippen LogP contribution >= 0.6 is 0 Å². The van der Waals surface area contributed by atoms with E-state index in [1.165, 1.54) is 29.1 Å². The fourth-order valence-corrected chi connectivity index (χ4v) is 2.46. The molecule has 3 rings (SSSR count). The average Bonchev–Trinajstić information content (AvgIpc) is 2.82. The first-order chi connectivity index (χ1) is 8.40. The van der Waals surface area contributed by atoms with E-state index in [-0.39, 0.29) is 0 Å². The molecule has 0 unspecified atom stereocenters. The summed E-state index contributed by atoms with van der Waals surface area (Å²) >= 11 is 0. The van der Waals surface area contributed by atoms with Gasteiger partial charge in [-0.3, -0.25) is 0 Å². The first-order valence-corrected chi connectivity index (χ1v) is 6.29. The second-order valence-corrected chi connectivity index (χ2v) is 4.43. The van der Waals surface area contributed by atoms with Gasteiger partial charge in [-0.05, 0) is 30.9 Å². The Morgan fingerprint density at radius 2 is 2.24 bits per heavy atom. The lowest BCUT2D eigenvalue weighted by Crippen LogP contribution is -2.14. The number of hydrogen-bond donors (Lipinski definition) is 1. The number of nitrogens with zero attached hydrogens (tertiary/aromatic N) is 2. The Morgan fingerprint density at radius 3 is 3.12 bits per heavy atom. The van der Waals surface area contributed by atoms with E-state index >= 15 is 0 Å². The Hall–Kier alpha value is -1.77. The standard InChI is InChI=1S/C14H17N3/c1-2-11-6-3-4-7-13(11)17-14-8-5-9-15-12(14)10-16-17/h3-4,6-7,10,15H,2,5,8-9H2,1H3. The van der Waals surface area contributed by atoms with Crippen molar-refractivity contribution in [3.8, 4) is 5.69 Å². The number of aromatic nitrogens is 2. The van der Waals surface area contributed by atoms with Crippen molar-refractivity contribution in [2.75, 3.05) is 11.9 Å². The molecule has 17 heavy (non-hydrogen) atoms. The Kier molecular flexibility index (Phi) is 2.59. The minimum absolute atomic E-state index is 1.04. The first kappa shape index (κ1) is 10.4. The van der Waals surface area contributed by atoms with E-state index in [9.17, 15) is 0 Å². The normalized spacial score (nSPS) is 14.2. The molecule has 3 nitrogen and oxygen atoms in total. The van der Waals surface area contributed by atoms with Crippen LogP contribution in [0.5, 0.6) is 0 Å². The quantitative estimate of drug-likeness (QED) is 0.855. The molecule has 0 aliphatic carbocycles. The van der Waals surface area contributed by atoms with Gasteiger partial charge in [0.15, 0.2) is 0 Å². The van der Waals surface area contributed by atoms with Crippen molar-refractivity contribution in [2.45, 2.75) is 26.2 Å². The van der Waals surface area contributed by atoms with E-state index in [1.54, 1.807) is 0 Å². The zero-order chi connectivity index (χ0) is 11.7. The molecule has 1 aromatic carbocycles. The van der Waals surface area contributed by atoms with Gasteiger partial charge in [-0.25, -0.2) is 4.68 Å². The molecule has 0 radical (unpaired) electrons. The smallest absolute Gasteiger partial charge is 0.0763 e. The van der Waals surface area contributed by atoms with Crippen molar-refractivity contribution in [2.24, 2.45) is 0 Å². The van der Waals surface area contributed by atoms with Crippen molar-refractivity contribution in [3.63, 3.8) is 0 Å². The van der Waals surface area contributed by atoms with E-state index in [4.69, 9.17) is 0 Å². The van der Waals surface area contributed by atoms with Gasteiger partial charge >= 0.3 is 0 Å². The highest BCUT2D eigenvalue weighted by Crippen LogP contribution is 2.25. The van der Waals surface area contributed by atoms with E-state index < -0.39 is 0 Å². The summed E-state index contributed by atoms with van der Waals surface area (Å²) in [5.74, 6) is 0. The van der Waals surface area contributed by atoms with Gasteiger partial charge in [-0.15, -0.1) is 0 Å². The Labute approximate surface area is 101 Å². The maximum atomic E-state index is 4.53. The Morgan fingerprint density at radius 1 is 1.35 bits per heavy atom. The highest BCUT2D eigenvalue weighted by Gasteiger charge is 2.16. The molecule has 1 N–H and O–H groups in total. The van der Waals surface area contributed by atoms with Crippen molar-refractivity contribution in [1.82, 2.24) is 9.78 Å². The predicted octanol–water partition coefficient (Wildman–Crippen LogP) is 2.79. The van der Waals surface area contributed by atoms with Gasteiger partial charge in [-0.2, -0.15) is 5.10 Å². The fourth-order valence-electron chi connectivity index (χ4n) is 2.46. The molecule has 2 heterocycles. The van der Waals surface area contributed by atoms with Crippen molar-refractivity contribution in [1.29, 1.82) is 0 Å². The minimum atomic E-state index is 1.04. The monoisotopic (exact) mass is 227 g/mol. The molecule has 1 aliphatic heterocycles. The molecule has 0 spiro atoms. The molecular formula is C14H17N3. The molecule has 1 aliphatic rings. The lowest BCUT2D eigenvalue weighted by atomic mass is 10.1. The number of rotatable bonds is 2. The summed E-state index contributed by atoms with van der Waals surface area (Å²) in [5.41, 5.74) is 5.09. The van der Waals surface area contributed by atoms with E-state index in [2.05, 4.69) is 46.3 Å². The van der Waals surface area contributed by atoms with Crippen LogP contribution in [0.2, 0.25) is 0 Å². The summed E-state index contributed by atoms with van der Waals surface area (Å²) in [5, 5.41) is 7.94. The molecule has 3 heteroatoms. The van der Waals surface area contributed by atoms with Crippen molar-refractivity contribution >= 4 is 5.69 Å². The molecule has 1 aromatic heterocycles. The number of para-hydroxylation sites is 1. The number of fused-ring (bicyclic) bond motifs is 1. The third-order valence-electron chi connectivity index (χ3n) is 3.38. The molecule has 0 atom stereocenters. The Bertz CT molecular complexity index is 528. The van der Waals surface area contributed by atoms with Gasteiger partial charge < -0.3 is 5.32 Å². The van der Waals surface area contributed by atoms with E-state index in [0.717, 1.165) is 19.4 Å². The summed E-state index contributed by atoms with van der Waals surface area (Å²) in [6.07, 6.45) is 5.28. The van der Waals surface area contributed by atoms with Crippen LogP contribution in [0, 0.1) is 0 Å². The number of hydrogen-bond acceptors (Lipinski definition) is 2. The summed E-state index contributed by atoms with van der Waals surface area (Å²) in [6.45, 7) is 3.25. The molecule has 88 valence electrons. The molecule has 0 amide bonds. The van der Waals surface area contributed by atoms with E-state index in [1.807, 2.05) is 6.20 Å². The van der Waals surface area contributed by atoms with Gasteiger partial charge in [0.05, 0.1) is 23.3 Å². The van der Waals surface area contributed by atoms with Crippen LogP contribution in [0.15, 0.2) is 30.5 Å². The lowest BCUT2D eigenvalue weighted by Gasteiger charge is -2.17. The fraction of sp³-hybridized carbons (Fsp3) is 0.357. The molecular weight excluding hydrogens is 210 g/mol. The van der Waals surface area contributed by atoms with Crippen LogP contribution in [0.25, 0.3) is 5.69 Å². The van der Waals surface area contributed by atoms with Crippen LogP contribution in [0.1, 0.15) is 24.6 Å². The van der Waals surface area contributed by atoms with Crippen molar-refractivity contribution in [3.05, 3.63) is 41.7 Å². The number of nitrogens with one attached hydrogen (secondary N) is 1. The van der Waals surface area contributed by atoms with Crippen molar-refractivity contribution < 1.29 is 0 Å². The summed E-state index contributed by atoms with van der Waals surface area (Å²) in [4.78, 5) is 0. The number of benzene rings is 1. The van der Waals surface area contributed by atoms with Crippen LogP contribution < -0.4 is 5.32 Å². The molecule has 0 bridgehead atoms. The molecule has 0 saturated carbocycles. The second kappa shape index (κ2) is 4.24. The highest BCUT2D eigenvalue weighted by molar-refractivity contribution is 5.53. The zero-order valence-corrected chi connectivity index (χ0v) is 10.1. The third kappa shape index (κ3) is 1.71. The summed E-state index contributed by atoms with van der Waals surface area (Å²) in [6, 6.07) is 8.51. The zero-order valence-electron chi connectivity index (χ0n) is 10.1. The first-order valence-electron chi connectivity index (χ1n) is 6.29. The van der Waals surface area contributed by atoms with Gasteiger partial charge in [0.2, 0.25) is 0 Å². The third-order valence-corrected chi connectivity index (χ3v) is 3.38. The maximum absolute atomic E-state index is 4.53. The van der Waals surface area contributed by atoms with Gasteiger partial charge in [0.1, 0.15) is 0 Å². The highest BCUT2D eigenvalue weighted by atomic mass is 15.3. The Balaban J connectivity index is 2.12. The number of anilines is 1. The van der Waals surface area contributed by atoms with Crippen LogP contribution in [0.3, 0.4) is 0 Å². The van der Waals surface area contributed by atoms with Gasteiger partial charge in [0, 0.05) is 6.54 Å². The van der Waals surface area contributed by atoms with Gasteiger partial charge in [0.25, 0.3) is 0 Å².